The Morgan fingerprint density at radius 1 is 1.43 bits per heavy atom. The summed E-state index contributed by atoms with van der Waals surface area (Å²) in [6.07, 6.45) is 2.04. The van der Waals surface area contributed by atoms with Crippen LogP contribution in [0.4, 0.5) is 0 Å². The monoisotopic (exact) mass is 209 g/mol. The Balaban J connectivity index is 2.72. The first-order valence-electron chi connectivity index (χ1n) is 4.55. The summed E-state index contributed by atoms with van der Waals surface area (Å²) in [7, 11) is 0. The molecule has 1 N–H and O–H groups in total. The van der Waals surface area contributed by atoms with Crippen LogP contribution in [0.15, 0.2) is 30.3 Å². The lowest BCUT2D eigenvalue weighted by molar-refractivity contribution is -0.119. The molecule has 1 aromatic rings. The molecule has 0 aliphatic carbocycles. The third-order valence-corrected chi connectivity index (χ3v) is 2.58. The van der Waals surface area contributed by atoms with Crippen molar-refractivity contribution in [1.29, 1.82) is 0 Å². The van der Waals surface area contributed by atoms with Crippen molar-refractivity contribution in [2.24, 2.45) is 0 Å². The molecule has 1 rings (SSSR count). The second-order valence-corrected chi connectivity index (χ2v) is 4.03. The van der Waals surface area contributed by atoms with Crippen LogP contribution in [0.25, 0.3) is 0 Å². The van der Waals surface area contributed by atoms with Crippen LogP contribution in [0, 0.1) is 0 Å². The Kier molecular flexibility index (Phi) is 4.53. The van der Waals surface area contributed by atoms with Gasteiger partial charge in [0.25, 0.3) is 0 Å². The first kappa shape index (κ1) is 11.1. The lowest BCUT2D eigenvalue weighted by Crippen LogP contribution is -2.27. The predicted molar refractivity (Wildman–Crippen MR) is 61.4 cm³/mol. The van der Waals surface area contributed by atoms with Crippen LogP contribution in [-0.4, -0.2) is 17.9 Å². The molecule has 0 fully saturated rings. The number of thioether (sulfide) groups is 1. The minimum atomic E-state index is 0.0212. The number of hydrogen-bond acceptors (Lipinski definition) is 2. The van der Waals surface area contributed by atoms with Crippen LogP contribution in [0.3, 0.4) is 0 Å². The van der Waals surface area contributed by atoms with E-state index in [9.17, 15) is 4.79 Å². The van der Waals surface area contributed by atoms with E-state index in [1.165, 1.54) is 0 Å². The summed E-state index contributed by atoms with van der Waals surface area (Å²) in [6.45, 7) is 1.55. The number of carbonyl (C=O) groups excluding carboxylic acids is 1. The lowest BCUT2D eigenvalue weighted by Gasteiger charge is -2.16. The van der Waals surface area contributed by atoms with E-state index in [1.54, 1.807) is 18.7 Å². The molecule has 0 saturated heterocycles. The second-order valence-electron chi connectivity index (χ2n) is 3.12. The SMILES string of the molecule is CSCC(NC(C)=O)c1ccccc1. The van der Waals surface area contributed by atoms with Gasteiger partial charge in [-0.3, -0.25) is 4.79 Å². The van der Waals surface area contributed by atoms with Crippen molar-refractivity contribution in [2.45, 2.75) is 13.0 Å². The quantitative estimate of drug-likeness (QED) is 0.824. The fraction of sp³-hybridized carbons (Fsp3) is 0.364. The van der Waals surface area contributed by atoms with Crippen LogP contribution >= 0.6 is 11.8 Å². The van der Waals surface area contributed by atoms with Gasteiger partial charge in [0.2, 0.25) is 5.91 Å². The smallest absolute Gasteiger partial charge is 0.217 e. The van der Waals surface area contributed by atoms with E-state index in [2.05, 4.69) is 5.32 Å². The van der Waals surface area contributed by atoms with E-state index in [0.29, 0.717) is 0 Å². The summed E-state index contributed by atoms with van der Waals surface area (Å²) in [4.78, 5) is 11.0. The van der Waals surface area contributed by atoms with Crippen LogP contribution in [-0.2, 0) is 4.79 Å². The average molecular weight is 209 g/mol. The van der Waals surface area contributed by atoms with Crippen molar-refractivity contribution < 1.29 is 4.79 Å². The highest BCUT2D eigenvalue weighted by molar-refractivity contribution is 7.98. The zero-order valence-electron chi connectivity index (χ0n) is 8.49. The molecule has 1 aromatic carbocycles. The zero-order chi connectivity index (χ0) is 10.4. The summed E-state index contributed by atoms with van der Waals surface area (Å²) < 4.78 is 0. The number of hydrogen-bond donors (Lipinski definition) is 1. The molecule has 3 heteroatoms. The van der Waals surface area contributed by atoms with Gasteiger partial charge in [-0.2, -0.15) is 11.8 Å². The maximum atomic E-state index is 11.0. The van der Waals surface area contributed by atoms with Gasteiger partial charge in [-0.25, -0.2) is 0 Å². The molecule has 1 amide bonds. The third kappa shape index (κ3) is 3.42. The maximum Gasteiger partial charge on any atom is 0.217 e. The van der Waals surface area contributed by atoms with Crippen molar-refractivity contribution in [3.63, 3.8) is 0 Å². The van der Waals surface area contributed by atoms with E-state index in [4.69, 9.17) is 0 Å². The van der Waals surface area contributed by atoms with Crippen molar-refractivity contribution in [3.05, 3.63) is 35.9 Å². The third-order valence-electron chi connectivity index (χ3n) is 1.91. The van der Waals surface area contributed by atoms with Gasteiger partial charge >= 0.3 is 0 Å². The Bertz CT molecular complexity index is 287. The van der Waals surface area contributed by atoms with Crippen LogP contribution in [0.1, 0.15) is 18.5 Å². The minimum Gasteiger partial charge on any atom is -0.349 e. The van der Waals surface area contributed by atoms with E-state index in [0.717, 1.165) is 11.3 Å². The highest BCUT2D eigenvalue weighted by Gasteiger charge is 2.10. The molecule has 0 aliphatic heterocycles. The second kappa shape index (κ2) is 5.70. The molecule has 1 atom stereocenters. The van der Waals surface area contributed by atoms with Crippen molar-refractivity contribution in [3.8, 4) is 0 Å². The summed E-state index contributed by atoms with van der Waals surface area (Å²) in [5, 5.41) is 2.94. The summed E-state index contributed by atoms with van der Waals surface area (Å²) >= 11 is 1.73. The standard InChI is InChI=1S/C11H15NOS/c1-9(13)12-11(8-14-2)10-6-4-3-5-7-10/h3-7,11H,8H2,1-2H3,(H,12,13). The van der Waals surface area contributed by atoms with E-state index in [-0.39, 0.29) is 11.9 Å². The van der Waals surface area contributed by atoms with Crippen LogP contribution in [0.2, 0.25) is 0 Å². The summed E-state index contributed by atoms with van der Waals surface area (Å²) in [6, 6.07) is 10.2. The lowest BCUT2D eigenvalue weighted by atomic mass is 10.1. The summed E-state index contributed by atoms with van der Waals surface area (Å²) in [5.41, 5.74) is 1.16. The van der Waals surface area contributed by atoms with Gasteiger partial charge < -0.3 is 5.32 Å². The molecule has 0 aromatic heterocycles. The number of amides is 1. The topological polar surface area (TPSA) is 29.1 Å². The van der Waals surface area contributed by atoms with E-state index >= 15 is 0 Å². The normalized spacial score (nSPS) is 12.1. The largest absolute Gasteiger partial charge is 0.349 e. The van der Waals surface area contributed by atoms with E-state index in [1.807, 2.05) is 36.6 Å². The molecule has 76 valence electrons. The van der Waals surface area contributed by atoms with Crippen molar-refractivity contribution in [1.82, 2.24) is 5.32 Å². The molecule has 0 heterocycles. The Labute approximate surface area is 89.1 Å². The van der Waals surface area contributed by atoms with Gasteiger partial charge in [0, 0.05) is 12.7 Å². The molecule has 0 saturated carbocycles. The first-order chi connectivity index (χ1) is 6.74. The van der Waals surface area contributed by atoms with Gasteiger partial charge in [0.05, 0.1) is 6.04 Å². The number of benzene rings is 1. The molecule has 2 nitrogen and oxygen atoms in total. The van der Waals surface area contributed by atoms with Gasteiger partial charge in [0.15, 0.2) is 0 Å². The molecule has 0 spiro atoms. The minimum absolute atomic E-state index is 0.0212. The molecule has 0 bridgehead atoms. The average Bonchev–Trinajstić information content (AvgIpc) is 2.18. The van der Waals surface area contributed by atoms with Gasteiger partial charge in [-0.05, 0) is 11.8 Å². The predicted octanol–water partition coefficient (Wildman–Crippen LogP) is 2.23. The molecule has 1 unspecified atom stereocenters. The number of rotatable bonds is 4. The van der Waals surface area contributed by atoms with Crippen molar-refractivity contribution in [2.75, 3.05) is 12.0 Å². The Hall–Kier alpha value is -0.960. The molecule has 0 radical (unpaired) electrons. The molecular weight excluding hydrogens is 194 g/mol. The fourth-order valence-corrected chi connectivity index (χ4v) is 1.93. The highest BCUT2D eigenvalue weighted by atomic mass is 32.2. The molecule has 14 heavy (non-hydrogen) atoms. The van der Waals surface area contributed by atoms with Crippen LogP contribution < -0.4 is 5.32 Å². The molecular formula is C11H15NOS. The Morgan fingerprint density at radius 2 is 2.07 bits per heavy atom. The van der Waals surface area contributed by atoms with Gasteiger partial charge in [0.1, 0.15) is 0 Å². The zero-order valence-corrected chi connectivity index (χ0v) is 9.30. The summed E-state index contributed by atoms with van der Waals surface area (Å²) in [5.74, 6) is 0.928. The maximum absolute atomic E-state index is 11.0. The Morgan fingerprint density at radius 3 is 2.57 bits per heavy atom. The molecule has 0 aliphatic rings. The first-order valence-corrected chi connectivity index (χ1v) is 5.94. The van der Waals surface area contributed by atoms with Crippen LogP contribution in [0.5, 0.6) is 0 Å². The number of nitrogens with one attached hydrogen (secondary N) is 1. The van der Waals surface area contributed by atoms with Gasteiger partial charge in [-0.15, -0.1) is 0 Å². The van der Waals surface area contributed by atoms with Gasteiger partial charge in [-0.1, -0.05) is 30.3 Å². The fourth-order valence-electron chi connectivity index (χ4n) is 1.32. The highest BCUT2D eigenvalue weighted by Crippen LogP contribution is 2.16. The van der Waals surface area contributed by atoms with Crippen molar-refractivity contribution >= 4 is 17.7 Å². The van der Waals surface area contributed by atoms with E-state index < -0.39 is 0 Å². The number of carbonyl (C=O) groups is 1.